The van der Waals surface area contributed by atoms with Gasteiger partial charge in [0.25, 0.3) is 5.91 Å². The first-order chi connectivity index (χ1) is 16.7. The predicted molar refractivity (Wildman–Crippen MR) is 123 cm³/mol. The van der Waals surface area contributed by atoms with E-state index < -0.39 is 41.6 Å². The molecule has 2 heterocycles. The molecule has 2 aromatic heterocycles. The van der Waals surface area contributed by atoms with Gasteiger partial charge in [-0.15, -0.1) is 0 Å². The van der Waals surface area contributed by atoms with Crippen LogP contribution in [0.1, 0.15) is 38.8 Å². The number of aromatic nitrogens is 2. The Labute approximate surface area is 203 Å². The molecule has 1 atom stereocenters. The number of nitrogens with zero attached hydrogens (tertiary/aromatic N) is 3. The van der Waals surface area contributed by atoms with Crippen molar-refractivity contribution in [3.63, 3.8) is 0 Å². The number of nitrogens with one attached hydrogen (secondary N) is 1. The van der Waals surface area contributed by atoms with Crippen LogP contribution >= 0.6 is 11.6 Å². The third-order valence-corrected chi connectivity index (χ3v) is 5.61. The van der Waals surface area contributed by atoms with Gasteiger partial charge in [0.15, 0.2) is 11.6 Å². The quantitative estimate of drug-likeness (QED) is 0.351. The average Bonchev–Trinajstić information content (AvgIpc) is 3.16. The second kappa shape index (κ2) is 9.68. The number of carbonyl (C=O) groups is 1. The normalized spacial score (nSPS) is 11.8. The highest BCUT2D eigenvalue weighted by molar-refractivity contribution is 6.30. The molecule has 0 bridgehead atoms. The first-order valence-electron chi connectivity index (χ1n) is 10.4. The lowest BCUT2D eigenvalue weighted by molar-refractivity contribution is 0.0946. The van der Waals surface area contributed by atoms with Crippen LogP contribution < -0.4 is 10.1 Å². The summed E-state index contributed by atoms with van der Waals surface area (Å²) >= 11 is 5.90. The Hall–Kier alpha value is -4.03. The maximum atomic E-state index is 14.0. The maximum Gasteiger partial charge on any atom is 0.256 e. The highest BCUT2D eigenvalue weighted by Crippen LogP contribution is 2.26. The molecular formula is C25H18ClF3N4O2. The summed E-state index contributed by atoms with van der Waals surface area (Å²) in [4.78, 5) is 13.2. The van der Waals surface area contributed by atoms with Crippen LogP contribution in [0.4, 0.5) is 13.2 Å². The zero-order valence-corrected chi connectivity index (χ0v) is 19.3. The van der Waals surface area contributed by atoms with Crippen molar-refractivity contribution in [3.8, 4) is 11.9 Å². The van der Waals surface area contributed by atoms with E-state index in [9.17, 15) is 23.2 Å². The number of rotatable bonds is 6. The lowest BCUT2D eigenvalue weighted by Crippen LogP contribution is -2.28. The molecule has 0 aliphatic carbocycles. The van der Waals surface area contributed by atoms with Crippen molar-refractivity contribution in [2.24, 2.45) is 0 Å². The molecule has 4 aromatic rings. The van der Waals surface area contributed by atoms with E-state index in [2.05, 4.69) is 10.4 Å². The molecule has 10 heteroatoms. The second-order valence-corrected chi connectivity index (χ2v) is 8.26. The number of pyridine rings is 1. The van der Waals surface area contributed by atoms with E-state index in [1.807, 2.05) is 6.07 Å². The number of aryl methyl sites for hydroxylation is 2. The number of nitriles is 1. The van der Waals surface area contributed by atoms with Crippen molar-refractivity contribution in [3.05, 3.63) is 99.0 Å². The SMILES string of the molecule is Cc1cc(OCc2c(F)ccc(F)c2F)n2nc(C)c(C(=O)NC(C#N)c3ccc(Cl)cc3)c2c1. The lowest BCUT2D eigenvalue weighted by atomic mass is 10.1. The van der Waals surface area contributed by atoms with Gasteiger partial charge in [0, 0.05) is 11.1 Å². The Kier molecular flexibility index (Phi) is 6.67. The van der Waals surface area contributed by atoms with E-state index in [0.29, 0.717) is 33.4 Å². The standard InChI is InChI=1S/C25H18ClF3N4O2/c1-13-9-21-23(25(34)31-20(11-30)15-3-5-16(26)6-4-15)14(2)32-33(21)22(10-13)35-12-17-18(27)7-8-19(28)24(17)29/h3-10,20H,12H2,1-2H3,(H,31,34). The number of fused-ring (bicyclic) bond motifs is 1. The third kappa shape index (κ3) is 4.79. The molecule has 0 aliphatic rings. The zero-order valence-electron chi connectivity index (χ0n) is 18.6. The molecule has 0 spiro atoms. The number of hydrogen-bond donors (Lipinski definition) is 1. The van der Waals surface area contributed by atoms with Gasteiger partial charge < -0.3 is 10.1 Å². The largest absolute Gasteiger partial charge is 0.473 e. The second-order valence-electron chi connectivity index (χ2n) is 7.83. The van der Waals surface area contributed by atoms with Gasteiger partial charge in [-0.3, -0.25) is 4.79 Å². The number of benzene rings is 2. The van der Waals surface area contributed by atoms with Crippen molar-refractivity contribution in [1.82, 2.24) is 14.9 Å². The molecule has 1 unspecified atom stereocenters. The summed E-state index contributed by atoms with van der Waals surface area (Å²) in [7, 11) is 0. The van der Waals surface area contributed by atoms with E-state index in [4.69, 9.17) is 16.3 Å². The van der Waals surface area contributed by atoms with Crippen LogP contribution in [-0.2, 0) is 6.61 Å². The highest BCUT2D eigenvalue weighted by atomic mass is 35.5. The van der Waals surface area contributed by atoms with Crippen LogP contribution in [0.2, 0.25) is 5.02 Å². The Bertz CT molecular complexity index is 1480. The van der Waals surface area contributed by atoms with Crippen LogP contribution in [0.5, 0.6) is 5.88 Å². The lowest BCUT2D eigenvalue weighted by Gasteiger charge is -2.13. The summed E-state index contributed by atoms with van der Waals surface area (Å²) in [6.07, 6.45) is 0. The van der Waals surface area contributed by atoms with E-state index in [1.54, 1.807) is 50.2 Å². The van der Waals surface area contributed by atoms with Gasteiger partial charge in [0.1, 0.15) is 18.5 Å². The van der Waals surface area contributed by atoms with Gasteiger partial charge in [-0.2, -0.15) is 14.9 Å². The highest BCUT2D eigenvalue weighted by Gasteiger charge is 2.23. The predicted octanol–water partition coefficient (Wildman–Crippen LogP) is 5.60. The number of hydrogen-bond acceptors (Lipinski definition) is 4. The van der Waals surface area contributed by atoms with Crippen LogP contribution in [-0.4, -0.2) is 15.5 Å². The molecule has 35 heavy (non-hydrogen) atoms. The van der Waals surface area contributed by atoms with Crippen molar-refractivity contribution in [1.29, 1.82) is 5.26 Å². The summed E-state index contributed by atoms with van der Waals surface area (Å²) in [5.41, 5.74) is 1.57. The minimum Gasteiger partial charge on any atom is -0.473 e. The summed E-state index contributed by atoms with van der Waals surface area (Å²) in [5, 5.41) is 17.1. The fourth-order valence-electron chi connectivity index (χ4n) is 3.64. The van der Waals surface area contributed by atoms with E-state index in [-0.39, 0.29) is 11.4 Å². The van der Waals surface area contributed by atoms with Crippen molar-refractivity contribution < 1.29 is 22.7 Å². The fourth-order valence-corrected chi connectivity index (χ4v) is 3.77. The maximum absolute atomic E-state index is 14.0. The molecular weight excluding hydrogens is 481 g/mol. The van der Waals surface area contributed by atoms with Gasteiger partial charge >= 0.3 is 0 Å². The summed E-state index contributed by atoms with van der Waals surface area (Å²) in [5.74, 6) is -3.93. The van der Waals surface area contributed by atoms with Gasteiger partial charge in [0.05, 0.1) is 28.4 Å². The van der Waals surface area contributed by atoms with Crippen LogP contribution in [0.3, 0.4) is 0 Å². The molecule has 0 aliphatic heterocycles. The number of amides is 1. The monoisotopic (exact) mass is 498 g/mol. The molecule has 178 valence electrons. The zero-order chi connectivity index (χ0) is 25.3. The average molecular weight is 499 g/mol. The Balaban J connectivity index is 1.66. The van der Waals surface area contributed by atoms with Crippen molar-refractivity contribution in [2.45, 2.75) is 26.5 Å². The molecule has 2 aromatic carbocycles. The summed E-state index contributed by atoms with van der Waals surface area (Å²) in [6, 6.07) is 12.4. The Morgan fingerprint density at radius 1 is 1.14 bits per heavy atom. The molecule has 4 rings (SSSR count). The smallest absolute Gasteiger partial charge is 0.256 e. The molecule has 6 nitrogen and oxygen atoms in total. The van der Waals surface area contributed by atoms with E-state index in [1.165, 1.54) is 4.52 Å². The van der Waals surface area contributed by atoms with Crippen LogP contribution in [0, 0.1) is 42.6 Å². The molecule has 0 radical (unpaired) electrons. The van der Waals surface area contributed by atoms with Crippen LogP contribution in [0.25, 0.3) is 5.52 Å². The first-order valence-corrected chi connectivity index (χ1v) is 10.8. The number of ether oxygens (including phenoxy) is 1. The van der Waals surface area contributed by atoms with E-state index in [0.717, 1.165) is 6.07 Å². The third-order valence-electron chi connectivity index (χ3n) is 5.36. The minimum atomic E-state index is -1.34. The van der Waals surface area contributed by atoms with Crippen molar-refractivity contribution >= 4 is 23.0 Å². The van der Waals surface area contributed by atoms with Gasteiger partial charge in [-0.05, 0) is 55.3 Å². The number of carbonyl (C=O) groups excluding carboxylic acids is 1. The van der Waals surface area contributed by atoms with Gasteiger partial charge in [-0.1, -0.05) is 23.7 Å². The minimum absolute atomic E-state index is 0.0970. The summed E-state index contributed by atoms with van der Waals surface area (Å²) in [6.45, 7) is 2.75. The number of halogens is 4. The summed E-state index contributed by atoms with van der Waals surface area (Å²) < 4.78 is 48.5. The molecule has 0 saturated carbocycles. The topological polar surface area (TPSA) is 79.4 Å². The van der Waals surface area contributed by atoms with Gasteiger partial charge in [-0.25, -0.2) is 13.2 Å². The van der Waals surface area contributed by atoms with E-state index >= 15 is 0 Å². The van der Waals surface area contributed by atoms with Crippen LogP contribution in [0.15, 0.2) is 48.5 Å². The first kappa shape index (κ1) is 24.1. The molecule has 0 saturated heterocycles. The molecule has 0 fully saturated rings. The Morgan fingerprint density at radius 3 is 2.51 bits per heavy atom. The van der Waals surface area contributed by atoms with Crippen molar-refractivity contribution in [2.75, 3.05) is 0 Å². The molecule has 1 N–H and O–H groups in total. The Morgan fingerprint density at radius 2 is 1.83 bits per heavy atom. The fraction of sp³-hybridized carbons (Fsp3) is 0.160. The van der Waals surface area contributed by atoms with Gasteiger partial charge in [0.2, 0.25) is 5.88 Å². The molecule has 1 amide bonds.